The van der Waals surface area contributed by atoms with Crippen LogP contribution in [0.3, 0.4) is 0 Å². The molecular weight excluding hydrogens is 222 g/mol. The first-order valence-electron chi connectivity index (χ1n) is 5.57. The van der Waals surface area contributed by atoms with Crippen LogP contribution in [0, 0.1) is 0 Å². The topological polar surface area (TPSA) is 67.8 Å². The molecule has 2 rings (SSSR count). The number of alkyl carbamates (subject to hydrolysis) is 1. The van der Waals surface area contributed by atoms with E-state index in [0.717, 1.165) is 11.3 Å². The molecule has 5 nitrogen and oxygen atoms in total. The Balaban J connectivity index is 2.01. The molecule has 0 aliphatic carbocycles. The highest BCUT2D eigenvalue weighted by Crippen LogP contribution is 2.31. The number of amides is 1. The first kappa shape index (κ1) is 11.7. The first-order chi connectivity index (χ1) is 8.31. The number of carbonyl (C=O) groups is 1. The third-order valence-corrected chi connectivity index (χ3v) is 2.58. The zero-order valence-electron chi connectivity index (χ0n) is 9.39. The van der Waals surface area contributed by atoms with Gasteiger partial charge in [0, 0.05) is 12.0 Å². The second-order valence-electron chi connectivity index (χ2n) is 3.73. The lowest BCUT2D eigenvalue weighted by Crippen LogP contribution is -2.33. The van der Waals surface area contributed by atoms with Crippen molar-refractivity contribution in [3.63, 3.8) is 0 Å². The maximum absolute atomic E-state index is 11.4. The molecule has 1 aliphatic heterocycles. The summed E-state index contributed by atoms with van der Waals surface area (Å²) in [5, 5.41) is 11.3. The lowest BCUT2D eigenvalue weighted by Gasteiger charge is -2.26. The molecule has 1 aromatic carbocycles. The molecule has 1 amide bonds. The molecule has 0 aromatic heterocycles. The lowest BCUT2D eigenvalue weighted by atomic mass is 10.0. The van der Waals surface area contributed by atoms with Crippen LogP contribution < -0.4 is 10.1 Å². The molecule has 92 valence electrons. The number of benzene rings is 1. The van der Waals surface area contributed by atoms with Crippen LogP contribution >= 0.6 is 0 Å². The van der Waals surface area contributed by atoms with Crippen molar-refractivity contribution < 1.29 is 19.4 Å². The molecule has 0 radical (unpaired) electrons. The molecule has 1 aliphatic rings. The van der Waals surface area contributed by atoms with Crippen molar-refractivity contribution >= 4 is 6.09 Å². The highest BCUT2D eigenvalue weighted by Gasteiger charge is 2.22. The SMILES string of the molecule is O=C(NC1CCOc2ccccc21)OCCO. The van der Waals surface area contributed by atoms with Gasteiger partial charge in [0.25, 0.3) is 0 Å². The van der Waals surface area contributed by atoms with Gasteiger partial charge < -0.3 is 19.9 Å². The van der Waals surface area contributed by atoms with Gasteiger partial charge in [-0.1, -0.05) is 18.2 Å². The number of hydrogen-bond acceptors (Lipinski definition) is 4. The van der Waals surface area contributed by atoms with Gasteiger partial charge in [-0.15, -0.1) is 0 Å². The minimum absolute atomic E-state index is 0.0106. The summed E-state index contributed by atoms with van der Waals surface area (Å²) in [6, 6.07) is 7.51. The molecule has 0 fully saturated rings. The van der Waals surface area contributed by atoms with E-state index in [1.54, 1.807) is 0 Å². The van der Waals surface area contributed by atoms with E-state index in [0.29, 0.717) is 13.0 Å². The van der Waals surface area contributed by atoms with Crippen LogP contribution in [0.5, 0.6) is 5.75 Å². The number of nitrogens with one attached hydrogen (secondary N) is 1. The predicted molar refractivity (Wildman–Crippen MR) is 60.9 cm³/mol. The van der Waals surface area contributed by atoms with E-state index in [1.807, 2.05) is 24.3 Å². The minimum atomic E-state index is -0.513. The third kappa shape index (κ3) is 2.88. The molecule has 1 heterocycles. The van der Waals surface area contributed by atoms with E-state index < -0.39 is 6.09 Å². The fraction of sp³-hybridized carbons (Fsp3) is 0.417. The van der Waals surface area contributed by atoms with Gasteiger partial charge in [-0.05, 0) is 6.07 Å². The maximum atomic E-state index is 11.4. The smallest absolute Gasteiger partial charge is 0.407 e. The lowest BCUT2D eigenvalue weighted by molar-refractivity contribution is 0.113. The van der Waals surface area contributed by atoms with E-state index >= 15 is 0 Å². The molecule has 1 unspecified atom stereocenters. The molecule has 0 saturated heterocycles. The van der Waals surface area contributed by atoms with Crippen molar-refractivity contribution in [3.8, 4) is 5.75 Å². The van der Waals surface area contributed by atoms with Crippen molar-refractivity contribution in [1.29, 1.82) is 0 Å². The van der Waals surface area contributed by atoms with E-state index in [1.165, 1.54) is 0 Å². The van der Waals surface area contributed by atoms with Gasteiger partial charge in [0.2, 0.25) is 0 Å². The molecule has 17 heavy (non-hydrogen) atoms. The van der Waals surface area contributed by atoms with Crippen LogP contribution in [0.2, 0.25) is 0 Å². The molecule has 2 N–H and O–H groups in total. The average Bonchev–Trinajstić information content (AvgIpc) is 2.37. The second-order valence-corrected chi connectivity index (χ2v) is 3.73. The Morgan fingerprint density at radius 1 is 1.53 bits per heavy atom. The van der Waals surface area contributed by atoms with Crippen molar-refractivity contribution in [3.05, 3.63) is 29.8 Å². The fourth-order valence-corrected chi connectivity index (χ4v) is 1.81. The average molecular weight is 237 g/mol. The highest BCUT2D eigenvalue weighted by atomic mass is 16.6. The largest absolute Gasteiger partial charge is 0.493 e. The fourth-order valence-electron chi connectivity index (χ4n) is 1.81. The Hall–Kier alpha value is -1.75. The van der Waals surface area contributed by atoms with Crippen molar-refractivity contribution in [2.45, 2.75) is 12.5 Å². The molecule has 1 aromatic rings. The van der Waals surface area contributed by atoms with Crippen molar-refractivity contribution in [2.75, 3.05) is 19.8 Å². The van der Waals surface area contributed by atoms with Crippen LogP contribution in [0.4, 0.5) is 4.79 Å². The van der Waals surface area contributed by atoms with Gasteiger partial charge in [0.15, 0.2) is 0 Å². The standard InChI is InChI=1S/C12H15NO4/c14-6-8-17-12(15)13-10-5-7-16-11-4-2-1-3-9(10)11/h1-4,10,14H,5-8H2,(H,13,15). The third-order valence-electron chi connectivity index (χ3n) is 2.58. The molecule has 1 atom stereocenters. The Morgan fingerprint density at radius 2 is 2.35 bits per heavy atom. The minimum Gasteiger partial charge on any atom is -0.493 e. The van der Waals surface area contributed by atoms with E-state index in [4.69, 9.17) is 14.6 Å². The van der Waals surface area contributed by atoms with Gasteiger partial charge in [0.05, 0.1) is 19.3 Å². The number of aliphatic hydroxyl groups excluding tert-OH is 1. The molecule has 5 heteroatoms. The summed E-state index contributed by atoms with van der Waals surface area (Å²) in [7, 11) is 0. The van der Waals surface area contributed by atoms with Gasteiger partial charge in [0.1, 0.15) is 12.4 Å². The van der Waals surface area contributed by atoms with Crippen LogP contribution in [-0.2, 0) is 4.74 Å². The molecular formula is C12H15NO4. The van der Waals surface area contributed by atoms with Crippen LogP contribution in [0.15, 0.2) is 24.3 Å². The number of hydrogen-bond donors (Lipinski definition) is 2. The summed E-state index contributed by atoms with van der Waals surface area (Å²) < 4.78 is 10.3. The number of fused-ring (bicyclic) bond motifs is 1. The summed E-state index contributed by atoms with van der Waals surface area (Å²) in [6.07, 6.45) is 0.200. The number of ether oxygens (including phenoxy) is 2. The quantitative estimate of drug-likeness (QED) is 0.829. The summed E-state index contributed by atoms with van der Waals surface area (Å²) >= 11 is 0. The van der Waals surface area contributed by atoms with Gasteiger partial charge in [-0.3, -0.25) is 0 Å². The number of carbonyl (C=O) groups excluding carboxylic acids is 1. The van der Waals surface area contributed by atoms with Gasteiger partial charge in [-0.2, -0.15) is 0 Å². The number of aliphatic hydroxyl groups is 1. The molecule has 0 saturated carbocycles. The zero-order valence-corrected chi connectivity index (χ0v) is 9.39. The Kier molecular flexibility index (Phi) is 3.82. The monoisotopic (exact) mass is 237 g/mol. The van der Waals surface area contributed by atoms with Gasteiger partial charge >= 0.3 is 6.09 Å². The zero-order chi connectivity index (χ0) is 12.1. The molecule has 0 spiro atoms. The Labute approximate surface area is 99.3 Å². The normalized spacial score (nSPS) is 17.8. The van der Waals surface area contributed by atoms with E-state index in [9.17, 15) is 4.79 Å². The van der Waals surface area contributed by atoms with Crippen molar-refractivity contribution in [1.82, 2.24) is 5.32 Å². The second kappa shape index (κ2) is 5.54. The first-order valence-corrected chi connectivity index (χ1v) is 5.57. The number of rotatable bonds is 3. The Bertz CT molecular complexity index is 394. The highest BCUT2D eigenvalue weighted by molar-refractivity contribution is 5.68. The molecule has 0 bridgehead atoms. The summed E-state index contributed by atoms with van der Waals surface area (Å²) in [6.45, 7) is 0.413. The summed E-state index contributed by atoms with van der Waals surface area (Å²) in [5.74, 6) is 0.797. The van der Waals surface area contributed by atoms with Crippen LogP contribution in [0.25, 0.3) is 0 Å². The maximum Gasteiger partial charge on any atom is 0.407 e. The van der Waals surface area contributed by atoms with Crippen LogP contribution in [-0.4, -0.2) is 31.0 Å². The Morgan fingerprint density at radius 3 is 3.18 bits per heavy atom. The van der Waals surface area contributed by atoms with Crippen molar-refractivity contribution in [2.24, 2.45) is 0 Å². The summed E-state index contributed by atoms with van der Waals surface area (Å²) in [4.78, 5) is 11.4. The predicted octanol–water partition coefficient (Wildman–Crippen LogP) is 1.23. The van der Waals surface area contributed by atoms with E-state index in [-0.39, 0.29) is 19.3 Å². The van der Waals surface area contributed by atoms with Gasteiger partial charge in [-0.25, -0.2) is 4.79 Å². The number of para-hydroxylation sites is 1. The van der Waals surface area contributed by atoms with E-state index in [2.05, 4.69) is 5.32 Å². The summed E-state index contributed by atoms with van der Waals surface area (Å²) in [5.41, 5.74) is 0.958. The van der Waals surface area contributed by atoms with Crippen LogP contribution in [0.1, 0.15) is 18.0 Å².